The number of hydrogen-bond donors (Lipinski definition) is 0. The Hall–Kier alpha value is -0.830. The second-order valence-electron chi connectivity index (χ2n) is 4.68. The number of esters is 1. The SMILES string of the molecule is CCOC(=O)[C@@H]1C2[C@@H](CC)C21c1cccs1. The molecule has 1 aromatic rings. The molecular weight excluding hydrogens is 220 g/mol. The van der Waals surface area contributed by atoms with Gasteiger partial charge in [0.15, 0.2) is 0 Å². The van der Waals surface area contributed by atoms with E-state index in [0.717, 1.165) is 5.92 Å². The van der Waals surface area contributed by atoms with Crippen molar-refractivity contribution in [2.75, 3.05) is 6.61 Å². The van der Waals surface area contributed by atoms with E-state index in [1.165, 1.54) is 11.3 Å². The van der Waals surface area contributed by atoms with Crippen LogP contribution >= 0.6 is 11.3 Å². The maximum Gasteiger partial charge on any atom is 0.310 e. The van der Waals surface area contributed by atoms with Gasteiger partial charge in [-0.2, -0.15) is 0 Å². The summed E-state index contributed by atoms with van der Waals surface area (Å²) in [7, 11) is 0. The van der Waals surface area contributed by atoms with Gasteiger partial charge in [0.1, 0.15) is 0 Å². The van der Waals surface area contributed by atoms with Gasteiger partial charge in [0.25, 0.3) is 0 Å². The minimum absolute atomic E-state index is 0.0191. The first-order valence-corrected chi connectivity index (χ1v) is 6.87. The van der Waals surface area contributed by atoms with Crippen molar-refractivity contribution in [3.8, 4) is 0 Å². The van der Waals surface area contributed by atoms with E-state index >= 15 is 0 Å². The molecule has 2 nitrogen and oxygen atoms in total. The van der Waals surface area contributed by atoms with Crippen LogP contribution in [0.2, 0.25) is 0 Å². The molecule has 2 saturated carbocycles. The highest BCUT2D eigenvalue weighted by Gasteiger charge is 2.89. The second kappa shape index (κ2) is 3.33. The first-order valence-electron chi connectivity index (χ1n) is 5.99. The van der Waals surface area contributed by atoms with Gasteiger partial charge in [-0.3, -0.25) is 4.79 Å². The molecule has 2 aliphatic carbocycles. The summed E-state index contributed by atoms with van der Waals surface area (Å²) >= 11 is 1.78. The summed E-state index contributed by atoms with van der Waals surface area (Å²) in [4.78, 5) is 13.2. The van der Waals surface area contributed by atoms with Gasteiger partial charge in [0.05, 0.1) is 12.5 Å². The third-order valence-electron chi connectivity index (χ3n) is 4.18. The van der Waals surface area contributed by atoms with Crippen molar-refractivity contribution in [3.05, 3.63) is 22.4 Å². The molecule has 0 radical (unpaired) electrons. The molecule has 1 aromatic heterocycles. The molecule has 86 valence electrons. The van der Waals surface area contributed by atoms with Gasteiger partial charge in [0, 0.05) is 10.3 Å². The van der Waals surface area contributed by atoms with Crippen LogP contribution in [0, 0.1) is 17.8 Å². The van der Waals surface area contributed by atoms with Crippen LogP contribution in [0.25, 0.3) is 0 Å². The van der Waals surface area contributed by atoms with Gasteiger partial charge in [0.2, 0.25) is 0 Å². The Labute approximate surface area is 99.6 Å². The van der Waals surface area contributed by atoms with Gasteiger partial charge < -0.3 is 4.74 Å². The summed E-state index contributed by atoms with van der Waals surface area (Å²) < 4.78 is 5.15. The Bertz CT molecular complexity index is 412. The molecule has 0 amide bonds. The van der Waals surface area contributed by atoms with Crippen LogP contribution in [0.3, 0.4) is 0 Å². The number of fused-ring (bicyclic) bond motifs is 1. The van der Waals surface area contributed by atoms with Crippen LogP contribution in [-0.4, -0.2) is 12.6 Å². The van der Waals surface area contributed by atoms with Crippen molar-refractivity contribution in [3.63, 3.8) is 0 Å². The predicted molar refractivity (Wildman–Crippen MR) is 63.4 cm³/mol. The van der Waals surface area contributed by atoms with E-state index in [2.05, 4.69) is 24.4 Å². The standard InChI is InChI=1S/C13H16O2S/c1-3-8-10-11(12(14)15-4-2)13(8,10)9-6-5-7-16-9/h5-8,10-11H,3-4H2,1-2H3/t8-,10?,11+,13?/m1/s1. The lowest BCUT2D eigenvalue weighted by atomic mass is 9.93. The lowest BCUT2D eigenvalue weighted by Crippen LogP contribution is -2.22. The van der Waals surface area contributed by atoms with E-state index in [0.29, 0.717) is 12.5 Å². The topological polar surface area (TPSA) is 26.3 Å². The fourth-order valence-corrected chi connectivity index (χ4v) is 4.56. The molecule has 0 saturated heterocycles. The number of thiophene rings is 1. The van der Waals surface area contributed by atoms with Crippen LogP contribution in [0.5, 0.6) is 0 Å². The Kier molecular flexibility index (Phi) is 2.15. The van der Waals surface area contributed by atoms with E-state index in [-0.39, 0.29) is 17.3 Å². The van der Waals surface area contributed by atoms with Crippen molar-refractivity contribution >= 4 is 17.3 Å². The molecule has 16 heavy (non-hydrogen) atoms. The van der Waals surface area contributed by atoms with E-state index in [1.807, 2.05) is 6.92 Å². The molecule has 0 aliphatic heterocycles. The summed E-state index contributed by atoms with van der Waals surface area (Å²) in [5.41, 5.74) is 0.190. The molecule has 1 heterocycles. The smallest absolute Gasteiger partial charge is 0.310 e. The normalized spacial score (nSPS) is 39.0. The third kappa shape index (κ3) is 1.05. The van der Waals surface area contributed by atoms with Gasteiger partial charge >= 0.3 is 5.97 Å². The first-order chi connectivity index (χ1) is 7.78. The molecule has 0 N–H and O–H groups in total. The van der Waals surface area contributed by atoms with E-state index in [9.17, 15) is 4.79 Å². The second-order valence-corrected chi connectivity index (χ2v) is 5.63. The average Bonchev–Trinajstić information content (AvgIpc) is 3.02. The molecule has 2 unspecified atom stereocenters. The number of carbonyl (C=O) groups excluding carboxylic acids is 1. The molecular formula is C13H16O2S. The highest BCUT2D eigenvalue weighted by molar-refractivity contribution is 7.10. The van der Waals surface area contributed by atoms with Crippen molar-refractivity contribution in [2.45, 2.75) is 25.7 Å². The monoisotopic (exact) mass is 236 g/mol. The predicted octanol–water partition coefficient (Wildman–Crippen LogP) is 2.83. The largest absolute Gasteiger partial charge is 0.466 e. The van der Waals surface area contributed by atoms with Crippen molar-refractivity contribution < 1.29 is 9.53 Å². The van der Waals surface area contributed by atoms with Gasteiger partial charge in [-0.1, -0.05) is 19.4 Å². The molecule has 4 atom stereocenters. The van der Waals surface area contributed by atoms with Gasteiger partial charge in [-0.15, -0.1) is 11.3 Å². The highest BCUT2D eigenvalue weighted by atomic mass is 32.1. The molecule has 0 bridgehead atoms. The molecule has 0 aromatic carbocycles. The van der Waals surface area contributed by atoms with Crippen LogP contribution in [0.15, 0.2) is 17.5 Å². The van der Waals surface area contributed by atoms with Crippen LogP contribution in [0.4, 0.5) is 0 Å². The maximum atomic E-state index is 11.8. The zero-order valence-electron chi connectivity index (χ0n) is 9.60. The quantitative estimate of drug-likeness (QED) is 0.751. The van der Waals surface area contributed by atoms with Crippen LogP contribution in [-0.2, 0) is 14.9 Å². The third-order valence-corrected chi connectivity index (χ3v) is 5.22. The Balaban J connectivity index is 1.81. The minimum Gasteiger partial charge on any atom is -0.466 e. The zero-order valence-corrected chi connectivity index (χ0v) is 10.4. The zero-order chi connectivity index (χ0) is 11.3. The van der Waals surface area contributed by atoms with Crippen LogP contribution in [0.1, 0.15) is 25.1 Å². The summed E-state index contributed by atoms with van der Waals surface area (Å²) in [6.07, 6.45) is 1.18. The Morgan fingerprint density at radius 1 is 1.56 bits per heavy atom. The lowest BCUT2D eigenvalue weighted by Gasteiger charge is -2.15. The molecule has 3 rings (SSSR count). The summed E-state index contributed by atoms with van der Waals surface area (Å²) in [5.74, 6) is 1.48. The van der Waals surface area contributed by atoms with Gasteiger partial charge in [-0.25, -0.2) is 0 Å². The number of carbonyl (C=O) groups is 1. The minimum atomic E-state index is 0.0191. The maximum absolute atomic E-state index is 11.8. The van der Waals surface area contributed by atoms with Crippen molar-refractivity contribution in [1.82, 2.24) is 0 Å². The number of hydrogen-bond acceptors (Lipinski definition) is 3. The van der Waals surface area contributed by atoms with E-state index < -0.39 is 0 Å². The van der Waals surface area contributed by atoms with E-state index in [4.69, 9.17) is 4.74 Å². The number of ether oxygens (including phenoxy) is 1. The number of rotatable bonds is 4. The summed E-state index contributed by atoms with van der Waals surface area (Å²) in [6, 6.07) is 4.25. The summed E-state index contributed by atoms with van der Waals surface area (Å²) in [6.45, 7) is 4.59. The first kappa shape index (κ1) is 10.3. The highest BCUT2D eigenvalue weighted by Crippen LogP contribution is 2.85. The molecule has 0 spiro atoms. The Morgan fingerprint density at radius 2 is 2.38 bits per heavy atom. The van der Waals surface area contributed by atoms with Crippen LogP contribution < -0.4 is 0 Å². The molecule has 2 aliphatic rings. The van der Waals surface area contributed by atoms with E-state index in [1.54, 1.807) is 11.3 Å². The molecule has 3 heteroatoms. The average molecular weight is 236 g/mol. The molecule has 2 fully saturated rings. The lowest BCUT2D eigenvalue weighted by molar-refractivity contribution is -0.146. The fraction of sp³-hybridized carbons (Fsp3) is 0.615. The summed E-state index contributed by atoms with van der Waals surface area (Å²) in [5, 5.41) is 2.10. The van der Waals surface area contributed by atoms with Crippen molar-refractivity contribution in [1.29, 1.82) is 0 Å². The van der Waals surface area contributed by atoms with Crippen molar-refractivity contribution in [2.24, 2.45) is 17.8 Å². The Morgan fingerprint density at radius 3 is 2.94 bits per heavy atom. The van der Waals surface area contributed by atoms with Gasteiger partial charge in [-0.05, 0) is 30.2 Å². The fourth-order valence-electron chi connectivity index (χ4n) is 3.48.